The molecule has 0 radical (unpaired) electrons. The quantitative estimate of drug-likeness (QED) is 0.819. The highest BCUT2D eigenvalue weighted by molar-refractivity contribution is 7.91. The molecule has 5 nitrogen and oxygen atoms in total. The van der Waals surface area contributed by atoms with Crippen LogP contribution in [0, 0.1) is 0 Å². The van der Waals surface area contributed by atoms with Crippen LogP contribution in [-0.4, -0.2) is 38.5 Å². The number of nitrogens with one attached hydrogen (secondary N) is 2. The van der Waals surface area contributed by atoms with Gasteiger partial charge in [-0.05, 0) is 24.0 Å². The number of urea groups is 1. The third-order valence-electron chi connectivity index (χ3n) is 4.69. The second kappa shape index (κ2) is 8.36. The van der Waals surface area contributed by atoms with E-state index >= 15 is 0 Å². The maximum atomic E-state index is 12.0. The van der Waals surface area contributed by atoms with Gasteiger partial charge in [-0.3, -0.25) is 0 Å². The number of sulfone groups is 1. The molecule has 1 aliphatic rings. The lowest BCUT2D eigenvalue weighted by atomic mass is 9.88. The highest BCUT2D eigenvalue weighted by Gasteiger charge is 2.28. The molecule has 6 heteroatoms. The fourth-order valence-corrected chi connectivity index (χ4v) is 5.05. The van der Waals surface area contributed by atoms with E-state index in [1.807, 2.05) is 36.4 Å². The van der Waals surface area contributed by atoms with Gasteiger partial charge in [0.2, 0.25) is 0 Å². The van der Waals surface area contributed by atoms with Gasteiger partial charge >= 0.3 is 6.03 Å². The van der Waals surface area contributed by atoms with E-state index < -0.39 is 9.84 Å². The highest BCUT2D eigenvalue weighted by Crippen LogP contribution is 2.27. The average molecular weight is 372 g/mol. The summed E-state index contributed by atoms with van der Waals surface area (Å²) >= 11 is 0. The van der Waals surface area contributed by atoms with E-state index in [-0.39, 0.29) is 29.5 Å². The largest absolute Gasteiger partial charge is 0.338 e. The first kappa shape index (κ1) is 18.5. The van der Waals surface area contributed by atoms with E-state index in [1.54, 1.807) is 0 Å². The molecule has 2 aromatic carbocycles. The normalized spacial score (nSPS) is 18.6. The van der Waals surface area contributed by atoms with Gasteiger partial charge in [-0.1, -0.05) is 60.7 Å². The Balaban J connectivity index is 1.56. The summed E-state index contributed by atoms with van der Waals surface area (Å²) in [5, 5.41) is 5.62. The van der Waals surface area contributed by atoms with Crippen molar-refractivity contribution in [2.45, 2.75) is 24.8 Å². The molecule has 1 aliphatic heterocycles. The first-order chi connectivity index (χ1) is 12.5. The number of benzene rings is 2. The van der Waals surface area contributed by atoms with Gasteiger partial charge in [0.25, 0.3) is 0 Å². The molecule has 2 amide bonds. The van der Waals surface area contributed by atoms with Crippen molar-refractivity contribution in [1.82, 2.24) is 10.6 Å². The second-order valence-corrected chi connectivity index (χ2v) is 8.89. The van der Waals surface area contributed by atoms with Crippen LogP contribution < -0.4 is 10.6 Å². The number of carbonyl (C=O) groups excluding carboxylic acids is 1. The Morgan fingerprint density at radius 1 is 1.00 bits per heavy atom. The minimum absolute atomic E-state index is 0.0388. The van der Waals surface area contributed by atoms with Crippen LogP contribution in [0.1, 0.15) is 29.9 Å². The zero-order valence-corrected chi connectivity index (χ0v) is 15.4. The zero-order chi connectivity index (χ0) is 18.4. The van der Waals surface area contributed by atoms with Crippen LogP contribution in [0.4, 0.5) is 4.79 Å². The van der Waals surface area contributed by atoms with E-state index in [1.165, 1.54) is 11.1 Å². The molecule has 138 valence electrons. The molecular formula is C20H24N2O3S. The summed E-state index contributed by atoms with van der Waals surface area (Å²) < 4.78 is 22.9. The first-order valence-corrected chi connectivity index (χ1v) is 10.7. The molecule has 1 saturated heterocycles. The van der Waals surface area contributed by atoms with E-state index in [4.69, 9.17) is 0 Å². The van der Waals surface area contributed by atoms with Crippen molar-refractivity contribution < 1.29 is 13.2 Å². The summed E-state index contributed by atoms with van der Waals surface area (Å²) in [5.41, 5.74) is 2.42. The van der Waals surface area contributed by atoms with Gasteiger partial charge in [0, 0.05) is 18.5 Å². The second-order valence-electron chi connectivity index (χ2n) is 6.66. The van der Waals surface area contributed by atoms with Gasteiger partial charge in [-0.15, -0.1) is 0 Å². The Hall–Kier alpha value is -2.34. The van der Waals surface area contributed by atoms with Gasteiger partial charge in [-0.25, -0.2) is 13.2 Å². The van der Waals surface area contributed by atoms with Gasteiger partial charge in [-0.2, -0.15) is 0 Å². The van der Waals surface area contributed by atoms with E-state index in [9.17, 15) is 13.2 Å². The number of amides is 2. The summed E-state index contributed by atoms with van der Waals surface area (Å²) in [6, 6.07) is 19.9. The fourth-order valence-electron chi connectivity index (χ4n) is 3.37. The Bertz CT molecular complexity index is 783. The van der Waals surface area contributed by atoms with Crippen molar-refractivity contribution in [3.8, 4) is 0 Å². The van der Waals surface area contributed by atoms with Crippen molar-refractivity contribution in [3.05, 3.63) is 71.8 Å². The van der Waals surface area contributed by atoms with Gasteiger partial charge in [0.15, 0.2) is 9.84 Å². The third-order valence-corrected chi connectivity index (χ3v) is 6.46. The van der Waals surface area contributed by atoms with Crippen molar-refractivity contribution in [1.29, 1.82) is 0 Å². The number of rotatable bonds is 6. The van der Waals surface area contributed by atoms with Crippen LogP contribution in [0.25, 0.3) is 0 Å². The summed E-state index contributed by atoms with van der Waals surface area (Å²) in [4.78, 5) is 12.0. The predicted octanol–water partition coefficient (Wildman–Crippen LogP) is 2.69. The molecule has 0 saturated carbocycles. The molecule has 1 heterocycles. The molecule has 0 unspecified atom stereocenters. The maximum Gasteiger partial charge on any atom is 0.315 e. The lowest BCUT2D eigenvalue weighted by Gasteiger charge is -2.19. The van der Waals surface area contributed by atoms with Crippen molar-refractivity contribution in [2.24, 2.45) is 0 Å². The summed E-state index contributed by atoms with van der Waals surface area (Å²) in [5.74, 6) is 0.392. The number of hydrogen-bond acceptors (Lipinski definition) is 3. The minimum Gasteiger partial charge on any atom is -0.338 e. The monoisotopic (exact) mass is 372 g/mol. The smallest absolute Gasteiger partial charge is 0.315 e. The van der Waals surface area contributed by atoms with E-state index in [0.29, 0.717) is 13.0 Å². The minimum atomic E-state index is -2.99. The molecule has 2 aromatic rings. The molecule has 26 heavy (non-hydrogen) atoms. The van der Waals surface area contributed by atoms with Crippen molar-refractivity contribution in [3.63, 3.8) is 0 Å². The predicted molar refractivity (Wildman–Crippen MR) is 103 cm³/mol. The average Bonchev–Trinajstić information content (AvgIpc) is 2.98. The lowest BCUT2D eigenvalue weighted by Crippen LogP contribution is -2.43. The Morgan fingerprint density at radius 2 is 1.58 bits per heavy atom. The van der Waals surface area contributed by atoms with Crippen LogP contribution in [-0.2, 0) is 9.84 Å². The van der Waals surface area contributed by atoms with E-state index in [2.05, 4.69) is 34.9 Å². The third kappa shape index (κ3) is 5.08. The standard InChI is InChI=1S/C20H24N2O3S/c23-20(22-18-12-14-26(24,25)15-18)21-13-11-19(16-7-3-1-4-8-16)17-9-5-2-6-10-17/h1-10,18-19H,11-15H2,(H2,21,22,23)/t18-/m1/s1. The van der Waals surface area contributed by atoms with E-state index in [0.717, 1.165) is 6.42 Å². The molecule has 0 aliphatic carbocycles. The lowest BCUT2D eigenvalue weighted by molar-refractivity contribution is 0.237. The van der Waals surface area contributed by atoms with Crippen molar-refractivity contribution in [2.75, 3.05) is 18.1 Å². The van der Waals surface area contributed by atoms with Crippen LogP contribution in [0.5, 0.6) is 0 Å². The van der Waals surface area contributed by atoms with Gasteiger partial charge < -0.3 is 10.6 Å². The topological polar surface area (TPSA) is 75.3 Å². The van der Waals surface area contributed by atoms with Crippen LogP contribution >= 0.6 is 0 Å². The molecule has 2 N–H and O–H groups in total. The molecule has 1 fully saturated rings. The summed E-state index contributed by atoms with van der Waals surface area (Å²) in [6.07, 6.45) is 1.26. The van der Waals surface area contributed by atoms with Crippen LogP contribution in [0.15, 0.2) is 60.7 Å². The highest BCUT2D eigenvalue weighted by atomic mass is 32.2. The molecule has 0 bridgehead atoms. The molecular weight excluding hydrogens is 348 g/mol. The summed E-state index contributed by atoms with van der Waals surface area (Å²) in [7, 11) is -2.99. The summed E-state index contributed by atoms with van der Waals surface area (Å²) in [6.45, 7) is 0.514. The Morgan fingerprint density at radius 3 is 2.08 bits per heavy atom. The molecule has 3 rings (SSSR count). The molecule has 1 atom stereocenters. The number of carbonyl (C=O) groups is 1. The molecule has 0 spiro atoms. The first-order valence-electron chi connectivity index (χ1n) is 8.88. The SMILES string of the molecule is O=C(NCCC(c1ccccc1)c1ccccc1)N[C@@H]1CCS(=O)(=O)C1. The maximum absolute atomic E-state index is 12.0. The van der Waals surface area contributed by atoms with Gasteiger partial charge in [0.1, 0.15) is 0 Å². The van der Waals surface area contributed by atoms with Gasteiger partial charge in [0.05, 0.1) is 11.5 Å². The zero-order valence-electron chi connectivity index (χ0n) is 14.6. The fraction of sp³-hybridized carbons (Fsp3) is 0.350. The van der Waals surface area contributed by atoms with Crippen LogP contribution in [0.3, 0.4) is 0 Å². The Kier molecular flexibility index (Phi) is 5.93. The van der Waals surface area contributed by atoms with Crippen molar-refractivity contribution >= 4 is 15.9 Å². The Labute approximate surface area is 154 Å². The van der Waals surface area contributed by atoms with Crippen LogP contribution in [0.2, 0.25) is 0 Å². The number of hydrogen-bond donors (Lipinski definition) is 2. The molecule has 0 aromatic heterocycles.